The molecule has 1 aromatic heterocycles. The number of nitrogens with zero attached hydrogens (tertiary/aromatic N) is 2. The van der Waals surface area contributed by atoms with Crippen LogP contribution in [0.1, 0.15) is 24.2 Å². The summed E-state index contributed by atoms with van der Waals surface area (Å²) in [6.07, 6.45) is 2.84. The molecule has 1 aliphatic rings. The molecule has 2 heterocycles. The lowest BCUT2D eigenvalue weighted by Crippen LogP contribution is -2.15. The van der Waals surface area contributed by atoms with E-state index in [-0.39, 0.29) is 0 Å². The van der Waals surface area contributed by atoms with Crippen molar-refractivity contribution in [2.75, 3.05) is 13.2 Å². The van der Waals surface area contributed by atoms with Crippen molar-refractivity contribution >= 4 is 0 Å². The minimum absolute atomic E-state index is 0.542. The first-order chi connectivity index (χ1) is 9.28. The van der Waals surface area contributed by atoms with Gasteiger partial charge in [0.15, 0.2) is 11.5 Å². The zero-order chi connectivity index (χ0) is 13.2. The Morgan fingerprint density at radius 1 is 1.26 bits per heavy atom. The number of ether oxygens (including phenoxy) is 2. The quantitative estimate of drug-likeness (QED) is 0.913. The van der Waals surface area contributed by atoms with Gasteiger partial charge in [-0.15, -0.1) is 0 Å². The molecule has 1 unspecified atom stereocenters. The lowest BCUT2D eigenvalue weighted by Gasteiger charge is -2.20. The third-order valence-corrected chi connectivity index (χ3v) is 3.17. The molecule has 100 valence electrons. The van der Waals surface area contributed by atoms with Crippen LogP contribution >= 0.6 is 0 Å². The Balaban J connectivity index is 1.88. The summed E-state index contributed by atoms with van der Waals surface area (Å²) in [4.78, 5) is 0. The van der Waals surface area contributed by atoms with E-state index in [1.54, 1.807) is 10.9 Å². The number of aryl methyl sites for hydroxylation is 1. The molecule has 2 aromatic rings. The topological polar surface area (TPSA) is 56.5 Å². The zero-order valence-electron chi connectivity index (χ0n) is 10.7. The molecule has 1 aliphatic heterocycles. The number of aliphatic hydroxyl groups excluding tert-OH is 1. The van der Waals surface area contributed by atoms with E-state index in [2.05, 4.69) is 5.10 Å². The second-order valence-electron chi connectivity index (χ2n) is 4.43. The fraction of sp³-hybridized carbons (Fsp3) is 0.357. The highest BCUT2D eigenvalue weighted by Gasteiger charge is 2.17. The summed E-state index contributed by atoms with van der Waals surface area (Å²) in [5.41, 5.74) is 1.55. The Labute approximate surface area is 111 Å². The summed E-state index contributed by atoms with van der Waals surface area (Å²) in [6, 6.07) is 5.50. The third kappa shape index (κ3) is 2.29. The molecule has 0 saturated heterocycles. The van der Waals surface area contributed by atoms with Crippen LogP contribution in [0.5, 0.6) is 11.5 Å². The monoisotopic (exact) mass is 260 g/mol. The van der Waals surface area contributed by atoms with Crippen molar-refractivity contribution in [3.8, 4) is 11.5 Å². The first kappa shape index (κ1) is 12.0. The van der Waals surface area contributed by atoms with Crippen LogP contribution in [0, 0.1) is 0 Å². The molecule has 1 aromatic carbocycles. The molecule has 1 N–H and O–H groups in total. The fourth-order valence-corrected chi connectivity index (χ4v) is 2.12. The zero-order valence-corrected chi connectivity index (χ0v) is 10.7. The van der Waals surface area contributed by atoms with Crippen LogP contribution < -0.4 is 9.47 Å². The van der Waals surface area contributed by atoms with Gasteiger partial charge in [-0.3, -0.25) is 4.68 Å². The minimum atomic E-state index is -0.698. The molecule has 5 heteroatoms. The van der Waals surface area contributed by atoms with Crippen molar-refractivity contribution in [1.29, 1.82) is 0 Å². The van der Waals surface area contributed by atoms with Crippen molar-refractivity contribution < 1.29 is 14.6 Å². The molecule has 0 radical (unpaired) electrons. The van der Waals surface area contributed by atoms with Gasteiger partial charge in [0.25, 0.3) is 0 Å². The van der Waals surface area contributed by atoms with E-state index in [1.165, 1.54) is 0 Å². The van der Waals surface area contributed by atoms with E-state index in [1.807, 2.05) is 31.3 Å². The average molecular weight is 260 g/mol. The van der Waals surface area contributed by atoms with Crippen molar-refractivity contribution in [2.45, 2.75) is 19.6 Å². The second-order valence-corrected chi connectivity index (χ2v) is 4.43. The van der Waals surface area contributed by atoms with Gasteiger partial charge in [0.05, 0.1) is 6.20 Å². The van der Waals surface area contributed by atoms with E-state index in [4.69, 9.17) is 9.47 Å². The molecule has 0 aliphatic carbocycles. The van der Waals surface area contributed by atoms with Crippen molar-refractivity contribution in [2.24, 2.45) is 0 Å². The Kier molecular flexibility index (Phi) is 3.13. The predicted molar refractivity (Wildman–Crippen MR) is 69.4 cm³/mol. The fourth-order valence-electron chi connectivity index (χ4n) is 2.12. The summed E-state index contributed by atoms with van der Waals surface area (Å²) < 4.78 is 12.8. The SMILES string of the molecule is CCn1cc(C(O)c2ccc3c(c2)OCCO3)cn1. The lowest BCUT2D eigenvalue weighted by molar-refractivity contribution is 0.169. The van der Waals surface area contributed by atoms with Crippen LogP contribution in [0.15, 0.2) is 30.6 Å². The van der Waals surface area contributed by atoms with Crippen LogP contribution in [-0.4, -0.2) is 28.1 Å². The molecule has 0 spiro atoms. The van der Waals surface area contributed by atoms with Gasteiger partial charge in [0, 0.05) is 18.3 Å². The Hall–Kier alpha value is -2.01. The molecule has 0 bridgehead atoms. The summed E-state index contributed by atoms with van der Waals surface area (Å²) in [6.45, 7) is 3.90. The molecule has 1 atom stereocenters. The molecule has 0 saturated carbocycles. The average Bonchev–Trinajstić information content (AvgIpc) is 2.95. The largest absolute Gasteiger partial charge is 0.486 e. The summed E-state index contributed by atoms with van der Waals surface area (Å²) in [7, 11) is 0. The molecule has 5 nitrogen and oxygen atoms in total. The highest BCUT2D eigenvalue weighted by Crippen LogP contribution is 2.34. The molecular weight excluding hydrogens is 244 g/mol. The van der Waals surface area contributed by atoms with Crippen molar-refractivity contribution in [3.05, 3.63) is 41.7 Å². The van der Waals surface area contributed by atoms with E-state index in [0.29, 0.717) is 19.0 Å². The number of rotatable bonds is 3. The highest BCUT2D eigenvalue weighted by molar-refractivity contribution is 5.45. The van der Waals surface area contributed by atoms with E-state index >= 15 is 0 Å². The number of hydrogen-bond acceptors (Lipinski definition) is 4. The van der Waals surface area contributed by atoms with Crippen molar-refractivity contribution in [1.82, 2.24) is 9.78 Å². The van der Waals surface area contributed by atoms with Gasteiger partial charge in [-0.25, -0.2) is 0 Å². The van der Waals surface area contributed by atoms with Gasteiger partial charge >= 0.3 is 0 Å². The number of hydrogen-bond donors (Lipinski definition) is 1. The Morgan fingerprint density at radius 2 is 2.05 bits per heavy atom. The minimum Gasteiger partial charge on any atom is -0.486 e. The third-order valence-electron chi connectivity index (χ3n) is 3.17. The van der Waals surface area contributed by atoms with E-state index < -0.39 is 6.10 Å². The maximum absolute atomic E-state index is 10.4. The molecule has 0 amide bonds. The number of fused-ring (bicyclic) bond motifs is 1. The highest BCUT2D eigenvalue weighted by atomic mass is 16.6. The Morgan fingerprint density at radius 3 is 2.79 bits per heavy atom. The van der Waals surface area contributed by atoms with Crippen LogP contribution in [0.4, 0.5) is 0 Å². The van der Waals surface area contributed by atoms with Gasteiger partial charge in [0.2, 0.25) is 0 Å². The smallest absolute Gasteiger partial charge is 0.161 e. The van der Waals surface area contributed by atoms with E-state index in [9.17, 15) is 5.11 Å². The van der Waals surface area contributed by atoms with Gasteiger partial charge < -0.3 is 14.6 Å². The number of benzene rings is 1. The predicted octanol–water partition coefficient (Wildman–Crippen LogP) is 1.76. The maximum atomic E-state index is 10.4. The van der Waals surface area contributed by atoms with Crippen LogP contribution in [0.3, 0.4) is 0 Å². The van der Waals surface area contributed by atoms with Gasteiger partial charge in [-0.2, -0.15) is 5.10 Å². The number of aliphatic hydroxyl groups is 1. The molecule has 3 rings (SSSR count). The summed E-state index contributed by atoms with van der Waals surface area (Å²) >= 11 is 0. The summed E-state index contributed by atoms with van der Waals surface area (Å²) in [5, 5.41) is 14.5. The van der Waals surface area contributed by atoms with Gasteiger partial charge in [-0.1, -0.05) is 6.07 Å². The van der Waals surface area contributed by atoms with Gasteiger partial charge in [-0.05, 0) is 24.6 Å². The lowest BCUT2D eigenvalue weighted by atomic mass is 10.0. The van der Waals surface area contributed by atoms with Gasteiger partial charge in [0.1, 0.15) is 19.3 Å². The normalized spacial score (nSPS) is 15.3. The van der Waals surface area contributed by atoms with Crippen molar-refractivity contribution in [3.63, 3.8) is 0 Å². The number of aromatic nitrogens is 2. The second kappa shape index (κ2) is 4.93. The summed E-state index contributed by atoms with van der Waals surface area (Å²) in [5.74, 6) is 1.41. The van der Waals surface area contributed by atoms with Crippen LogP contribution in [0.2, 0.25) is 0 Å². The van der Waals surface area contributed by atoms with E-state index in [0.717, 1.165) is 23.4 Å². The molecule has 19 heavy (non-hydrogen) atoms. The maximum Gasteiger partial charge on any atom is 0.161 e. The first-order valence-corrected chi connectivity index (χ1v) is 6.38. The van der Waals surface area contributed by atoms with Crippen LogP contribution in [-0.2, 0) is 6.54 Å². The standard InChI is InChI=1S/C14H16N2O3/c1-2-16-9-11(8-15-16)14(17)10-3-4-12-13(7-10)19-6-5-18-12/h3-4,7-9,14,17H,2,5-6H2,1H3. The van der Waals surface area contributed by atoms with Crippen LogP contribution in [0.25, 0.3) is 0 Å². The molecule has 0 fully saturated rings. The first-order valence-electron chi connectivity index (χ1n) is 6.38. The molecular formula is C14H16N2O3. The Bertz CT molecular complexity index is 580.